The number of benzene rings is 1. The predicted octanol–water partition coefficient (Wildman–Crippen LogP) is 2.25. The van der Waals surface area contributed by atoms with E-state index in [2.05, 4.69) is 5.10 Å². The number of carbonyl (C=O) groups is 1. The Morgan fingerprint density at radius 2 is 2.29 bits per heavy atom. The largest absolute Gasteiger partial charge is 0.490 e. The predicted molar refractivity (Wildman–Crippen MR) is 89.9 cm³/mol. The van der Waals surface area contributed by atoms with Crippen LogP contribution in [0.15, 0.2) is 36.7 Å². The van der Waals surface area contributed by atoms with E-state index in [0.717, 1.165) is 25.0 Å². The zero-order chi connectivity index (χ0) is 16.9. The first-order chi connectivity index (χ1) is 11.6. The van der Waals surface area contributed by atoms with Crippen molar-refractivity contribution >= 4 is 5.91 Å². The van der Waals surface area contributed by atoms with Crippen LogP contribution < -0.4 is 4.74 Å². The molecule has 0 aliphatic carbocycles. The molecule has 0 spiro atoms. The van der Waals surface area contributed by atoms with Crippen LogP contribution in [0.5, 0.6) is 5.75 Å². The van der Waals surface area contributed by atoms with Crippen LogP contribution in [0.2, 0.25) is 0 Å². The van der Waals surface area contributed by atoms with Gasteiger partial charge in [-0.3, -0.25) is 9.48 Å². The van der Waals surface area contributed by atoms with Gasteiger partial charge in [-0.2, -0.15) is 5.10 Å². The summed E-state index contributed by atoms with van der Waals surface area (Å²) >= 11 is 0. The SMILES string of the molecule is CN(Cc1cnn(C)c1)C(=O)c1ccccc1OCC1CCCO1. The highest BCUT2D eigenvalue weighted by Gasteiger charge is 2.20. The summed E-state index contributed by atoms with van der Waals surface area (Å²) in [7, 11) is 3.64. The molecule has 1 aliphatic heterocycles. The molecule has 1 aromatic carbocycles. The molecule has 1 atom stereocenters. The van der Waals surface area contributed by atoms with Crippen LogP contribution in [-0.4, -0.2) is 47.0 Å². The van der Waals surface area contributed by atoms with Gasteiger partial charge in [0.15, 0.2) is 0 Å². The Bertz CT molecular complexity index is 692. The minimum Gasteiger partial charge on any atom is -0.490 e. The minimum absolute atomic E-state index is 0.0678. The average molecular weight is 329 g/mol. The molecule has 1 amide bonds. The molecule has 2 aromatic rings. The Labute approximate surface area is 142 Å². The number of hydrogen-bond acceptors (Lipinski definition) is 4. The lowest BCUT2D eigenvalue weighted by atomic mass is 10.1. The smallest absolute Gasteiger partial charge is 0.257 e. The topological polar surface area (TPSA) is 56.6 Å². The fraction of sp³-hybridized carbons (Fsp3) is 0.444. The molecule has 1 aliphatic rings. The maximum atomic E-state index is 12.8. The molecule has 3 rings (SSSR count). The van der Waals surface area contributed by atoms with E-state index in [1.807, 2.05) is 31.4 Å². The van der Waals surface area contributed by atoms with Crippen molar-refractivity contribution in [3.8, 4) is 5.75 Å². The molecule has 0 radical (unpaired) electrons. The highest BCUT2D eigenvalue weighted by atomic mass is 16.5. The minimum atomic E-state index is -0.0678. The number of aryl methyl sites for hydroxylation is 1. The summed E-state index contributed by atoms with van der Waals surface area (Å²) in [4.78, 5) is 14.4. The third-order valence-electron chi connectivity index (χ3n) is 4.09. The Hall–Kier alpha value is -2.34. The van der Waals surface area contributed by atoms with Gasteiger partial charge >= 0.3 is 0 Å². The summed E-state index contributed by atoms with van der Waals surface area (Å²) < 4.78 is 13.2. The van der Waals surface area contributed by atoms with Crippen molar-refractivity contribution in [3.63, 3.8) is 0 Å². The van der Waals surface area contributed by atoms with Crippen molar-refractivity contribution in [1.82, 2.24) is 14.7 Å². The fourth-order valence-electron chi connectivity index (χ4n) is 2.83. The van der Waals surface area contributed by atoms with Crippen LogP contribution in [0.4, 0.5) is 0 Å². The first-order valence-corrected chi connectivity index (χ1v) is 8.20. The van der Waals surface area contributed by atoms with Gasteiger partial charge in [-0.1, -0.05) is 12.1 Å². The number of aromatic nitrogens is 2. The Balaban J connectivity index is 1.66. The van der Waals surface area contributed by atoms with Gasteiger partial charge in [-0.15, -0.1) is 0 Å². The number of rotatable bonds is 6. The van der Waals surface area contributed by atoms with E-state index in [-0.39, 0.29) is 12.0 Å². The van der Waals surface area contributed by atoms with Gasteiger partial charge < -0.3 is 14.4 Å². The van der Waals surface area contributed by atoms with Crippen molar-refractivity contribution in [2.45, 2.75) is 25.5 Å². The summed E-state index contributed by atoms with van der Waals surface area (Å²) in [6.45, 7) is 1.78. The van der Waals surface area contributed by atoms with Crippen LogP contribution in [0, 0.1) is 0 Å². The summed E-state index contributed by atoms with van der Waals surface area (Å²) in [6.07, 6.45) is 5.88. The second-order valence-corrected chi connectivity index (χ2v) is 6.13. The molecule has 1 aromatic heterocycles. The quantitative estimate of drug-likeness (QED) is 0.816. The average Bonchev–Trinajstić information content (AvgIpc) is 3.24. The van der Waals surface area contributed by atoms with E-state index in [0.29, 0.717) is 24.5 Å². The second-order valence-electron chi connectivity index (χ2n) is 6.13. The highest BCUT2D eigenvalue weighted by molar-refractivity contribution is 5.96. The van der Waals surface area contributed by atoms with Gasteiger partial charge in [-0.05, 0) is 25.0 Å². The van der Waals surface area contributed by atoms with Gasteiger partial charge in [-0.25, -0.2) is 0 Å². The normalized spacial score (nSPS) is 17.0. The monoisotopic (exact) mass is 329 g/mol. The van der Waals surface area contributed by atoms with Gasteiger partial charge in [0.1, 0.15) is 12.4 Å². The van der Waals surface area contributed by atoms with Crippen molar-refractivity contribution in [1.29, 1.82) is 0 Å². The number of amides is 1. The maximum absolute atomic E-state index is 12.8. The van der Waals surface area contributed by atoms with Crippen LogP contribution in [0.3, 0.4) is 0 Å². The lowest BCUT2D eigenvalue weighted by Gasteiger charge is -2.19. The van der Waals surface area contributed by atoms with Crippen molar-refractivity contribution < 1.29 is 14.3 Å². The fourth-order valence-corrected chi connectivity index (χ4v) is 2.83. The third kappa shape index (κ3) is 3.94. The molecule has 0 N–H and O–H groups in total. The zero-order valence-electron chi connectivity index (χ0n) is 14.1. The van der Waals surface area contributed by atoms with E-state index >= 15 is 0 Å². The molecule has 1 fully saturated rings. The molecule has 0 bridgehead atoms. The second kappa shape index (κ2) is 7.49. The Kier molecular flexibility index (Phi) is 5.15. The molecule has 1 saturated heterocycles. The van der Waals surface area contributed by atoms with E-state index < -0.39 is 0 Å². The number of ether oxygens (including phenoxy) is 2. The van der Waals surface area contributed by atoms with Crippen LogP contribution in [-0.2, 0) is 18.3 Å². The molecule has 6 nitrogen and oxygen atoms in total. The molecule has 0 saturated carbocycles. The van der Waals surface area contributed by atoms with E-state index in [1.54, 1.807) is 28.9 Å². The third-order valence-corrected chi connectivity index (χ3v) is 4.09. The molecular weight excluding hydrogens is 306 g/mol. The van der Waals surface area contributed by atoms with Gasteiger partial charge in [0.2, 0.25) is 0 Å². The standard InChI is InChI=1S/C18H23N3O3/c1-20(11-14-10-19-21(2)12-14)18(22)16-7-3-4-8-17(16)24-13-15-6-5-9-23-15/h3-4,7-8,10,12,15H,5-6,9,11,13H2,1-2H3. The molecule has 1 unspecified atom stereocenters. The van der Waals surface area contributed by atoms with Crippen LogP contribution >= 0.6 is 0 Å². The van der Waals surface area contributed by atoms with Crippen molar-refractivity contribution in [2.24, 2.45) is 7.05 Å². The number of hydrogen-bond donors (Lipinski definition) is 0. The zero-order valence-corrected chi connectivity index (χ0v) is 14.1. The first kappa shape index (κ1) is 16.5. The number of nitrogens with zero attached hydrogens (tertiary/aromatic N) is 3. The highest BCUT2D eigenvalue weighted by Crippen LogP contribution is 2.22. The number of para-hydroxylation sites is 1. The number of carbonyl (C=O) groups excluding carboxylic acids is 1. The maximum Gasteiger partial charge on any atom is 0.257 e. The molecule has 2 heterocycles. The summed E-state index contributed by atoms with van der Waals surface area (Å²) in [6, 6.07) is 7.36. The molecule has 24 heavy (non-hydrogen) atoms. The summed E-state index contributed by atoms with van der Waals surface area (Å²) in [5.74, 6) is 0.540. The molecular formula is C18H23N3O3. The van der Waals surface area contributed by atoms with E-state index in [9.17, 15) is 4.79 Å². The van der Waals surface area contributed by atoms with Crippen molar-refractivity contribution in [3.05, 3.63) is 47.8 Å². The molecule has 6 heteroatoms. The van der Waals surface area contributed by atoms with Gasteiger partial charge in [0.05, 0.1) is 17.9 Å². The lowest BCUT2D eigenvalue weighted by Crippen LogP contribution is -2.27. The summed E-state index contributed by atoms with van der Waals surface area (Å²) in [5.41, 5.74) is 1.56. The Morgan fingerprint density at radius 3 is 3.00 bits per heavy atom. The first-order valence-electron chi connectivity index (χ1n) is 8.20. The van der Waals surface area contributed by atoms with Crippen LogP contribution in [0.25, 0.3) is 0 Å². The van der Waals surface area contributed by atoms with Crippen molar-refractivity contribution in [2.75, 3.05) is 20.3 Å². The Morgan fingerprint density at radius 1 is 1.46 bits per heavy atom. The van der Waals surface area contributed by atoms with E-state index in [1.165, 1.54) is 0 Å². The summed E-state index contributed by atoms with van der Waals surface area (Å²) in [5, 5.41) is 4.13. The van der Waals surface area contributed by atoms with Gasteiger partial charge in [0, 0.05) is 39.0 Å². The van der Waals surface area contributed by atoms with E-state index in [4.69, 9.17) is 9.47 Å². The molecule has 128 valence electrons. The van der Waals surface area contributed by atoms with Gasteiger partial charge in [0.25, 0.3) is 5.91 Å². The lowest BCUT2D eigenvalue weighted by molar-refractivity contribution is 0.0656. The van der Waals surface area contributed by atoms with Crippen LogP contribution in [0.1, 0.15) is 28.8 Å².